The van der Waals surface area contributed by atoms with Gasteiger partial charge in [-0.2, -0.15) is 0 Å². The molecule has 2 saturated heterocycles. The molecule has 2 fully saturated rings. The van der Waals surface area contributed by atoms with E-state index in [-0.39, 0.29) is 37.7 Å². The van der Waals surface area contributed by atoms with Crippen LogP contribution in [0, 0.1) is 0 Å². The first-order valence-corrected chi connectivity index (χ1v) is 14.8. The van der Waals surface area contributed by atoms with Crippen LogP contribution in [-0.4, -0.2) is 81.6 Å². The van der Waals surface area contributed by atoms with E-state index in [9.17, 15) is 13.5 Å². The van der Waals surface area contributed by atoms with Gasteiger partial charge in [0, 0.05) is 12.8 Å². The molecular weight excluding hydrogens is 589 g/mol. The second-order valence-electron chi connectivity index (χ2n) is 9.21. The van der Waals surface area contributed by atoms with Gasteiger partial charge in [-0.1, -0.05) is 0 Å². The third-order valence-electron chi connectivity index (χ3n) is 6.72. The van der Waals surface area contributed by atoms with Gasteiger partial charge in [0.2, 0.25) is 0 Å². The summed E-state index contributed by atoms with van der Waals surface area (Å²) >= 11 is 0. The minimum atomic E-state index is -3.27. The molecule has 6 rings (SSSR count). The number of halogens is 1. The highest BCUT2D eigenvalue weighted by Crippen LogP contribution is 2.41. The van der Waals surface area contributed by atoms with Crippen molar-refractivity contribution in [1.29, 1.82) is 0 Å². The Bertz CT molecular complexity index is 1610. The Balaban J connectivity index is 1.09. The van der Waals surface area contributed by atoms with Gasteiger partial charge in [0.1, 0.15) is 54.5 Å². The quantitative estimate of drug-likeness (QED) is 0.210. The second kappa shape index (κ2) is 11.6. The monoisotopic (exact) mass is 614 g/mol. The molecule has 4 aromatic rings. The molecule has 6 heterocycles. The maximum Gasteiger partial charge on any atom is 0.319 e. The molecule has 21 heteroatoms. The molecule has 41 heavy (non-hydrogen) atoms. The molecule has 220 valence electrons. The first-order valence-electron chi connectivity index (χ1n) is 12.3. The normalized spacial score (nSPS) is 28.0. The number of nitrogens with two attached hydrogens (primary N) is 2. The Morgan fingerprint density at radius 1 is 0.878 bits per heavy atom. The molecule has 0 amide bonds. The zero-order valence-electron chi connectivity index (χ0n) is 21.0. The van der Waals surface area contributed by atoms with Crippen molar-refractivity contribution in [2.75, 3.05) is 24.7 Å². The van der Waals surface area contributed by atoms with Crippen molar-refractivity contribution < 1.29 is 41.5 Å². The number of anilines is 2. The first kappa shape index (κ1) is 28.0. The highest BCUT2D eigenvalue weighted by molar-refractivity contribution is 7.33. The zero-order valence-corrected chi connectivity index (χ0v) is 23.0. The predicted octanol–water partition coefficient (Wildman–Crippen LogP) is 0.934. The SMILES string of the molecule is Nc1ncnc2c1ncn2[C@H]1C[C@H](O[PH](=O)OC[C@H]2O[C@@H](n3cnc4c(N)ncnc43)C[C@@H]2F)[C@@H](CO[PH](=O)O)O1. The van der Waals surface area contributed by atoms with Crippen molar-refractivity contribution in [1.82, 2.24) is 39.0 Å². The number of hydrogen-bond acceptors (Lipinski definition) is 15. The van der Waals surface area contributed by atoms with E-state index in [1.54, 1.807) is 9.13 Å². The van der Waals surface area contributed by atoms with Gasteiger partial charge in [-0.25, -0.2) is 34.3 Å². The van der Waals surface area contributed by atoms with E-state index < -0.39 is 53.4 Å². The Labute approximate surface area is 231 Å². The zero-order chi connectivity index (χ0) is 28.7. The van der Waals surface area contributed by atoms with Crippen molar-refractivity contribution >= 4 is 50.5 Å². The summed E-state index contributed by atoms with van der Waals surface area (Å²) in [6, 6.07) is 0. The molecule has 2 aliphatic rings. The lowest BCUT2D eigenvalue weighted by atomic mass is 10.2. The van der Waals surface area contributed by atoms with Crippen LogP contribution in [0.25, 0.3) is 22.3 Å². The summed E-state index contributed by atoms with van der Waals surface area (Å²) in [6.07, 6.45) is -0.118. The van der Waals surface area contributed by atoms with E-state index in [0.29, 0.717) is 22.3 Å². The summed E-state index contributed by atoms with van der Waals surface area (Å²) < 4.78 is 69.5. The lowest BCUT2D eigenvalue weighted by molar-refractivity contribution is -0.0407. The van der Waals surface area contributed by atoms with Gasteiger partial charge < -0.3 is 39.4 Å². The topological polar surface area (TPSA) is 240 Å². The van der Waals surface area contributed by atoms with Crippen LogP contribution in [-0.2, 0) is 32.2 Å². The number of alkyl halides is 1. The summed E-state index contributed by atoms with van der Waals surface area (Å²) in [5, 5.41) is 0. The first-order chi connectivity index (χ1) is 19.8. The van der Waals surface area contributed by atoms with E-state index in [4.69, 9.17) is 39.4 Å². The maximum atomic E-state index is 14.8. The summed E-state index contributed by atoms with van der Waals surface area (Å²) in [7, 11) is -6.47. The Morgan fingerprint density at radius 2 is 1.44 bits per heavy atom. The third-order valence-corrected chi connectivity index (χ3v) is 8.03. The highest BCUT2D eigenvalue weighted by atomic mass is 31.1. The summed E-state index contributed by atoms with van der Waals surface area (Å²) in [6.45, 7) is -0.675. The molecule has 8 atom stereocenters. The fourth-order valence-corrected chi connectivity index (χ4v) is 5.95. The fraction of sp³-hybridized carbons (Fsp3) is 0.500. The molecule has 2 aliphatic heterocycles. The maximum absolute atomic E-state index is 14.8. The fourth-order valence-electron chi connectivity index (χ4n) is 4.78. The molecule has 0 aromatic carbocycles. The van der Waals surface area contributed by atoms with Crippen LogP contribution in [0.5, 0.6) is 0 Å². The van der Waals surface area contributed by atoms with Gasteiger partial charge >= 0.3 is 16.5 Å². The van der Waals surface area contributed by atoms with E-state index in [0.717, 1.165) is 0 Å². The lowest BCUT2D eigenvalue weighted by Gasteiger charge is -2.19. The molecule has 5 N–H and O–H groups in total. The van der Waals surface area contributed by atoms with Gasteiger partial charge in [-0.15, -0.1) is 0 Å². The number of imidazole rings is 2. The van der Waals surface area contributed by atoms with Gasteiger partial charge in [0.05, 0.1) is 32.0 Å². The molecule has 0 bridgehead atoms. The number of rotatable bonds is 10. The van der Waals surface area contributed by atoms with Crippen LogP contribution >= 0.6 is 16.5 Å². The van der Waals surface area contributed by atoms with E-state index in [1.165, 1.54) is 25.3 Å². The van der Waals surface area contributed by atoms with Crippen LogP contribution in [0.1, 0.15) is 25.3 Å². The van der Waals surface area contributed by atoms with Gasteiger partial charge in [0.25, 0.3) is 0 Å². The molecule has 4 aromatic heterocycles. The number of hydrogen-bond donors (Lipinski definition) is 3. The van der Waals surface area contributed by atoms with Gasteiger partial charge in [-0.05, 0) is 0 Å². The number of ether oxygens (including phenoxy) is 2. The van der Waals surface area contributed by atoms with Crippen molar-refractivity contribution in [2.24, 2.45) is 0 Å². The van der Waals surface area contributed by atoms with E-state index in [1.807, 2.05) is 0 Å². The molecule has 0 aliphatic carbocycles. The molecule has 0 spiro atoms. The molecule has 0 radical (unpaired) electrons. The minimum absolute atomic E-state index is 0.0178. The third kappa shape index (κ3) is 5.67. The van der Waals surface area contributed by atoms with Gasteiger partial charge in [-0.3, -0.25) is 18.3 Å². The van der Waals surface area contributed by atoms with Crippen molar-refractivity contribution in [3.8, 4) is 0 Å². The van der Waals surface area contributed by atoms with Gasteiger partial charge in [0.15, 0.2) is 22.9 Å². The molecule has 2 unspecified atom stereocenters. The molecular formula is C20H25FN10O8P2. The number of fused-ring (bicyclic) bond motifs is 2. The smallest absolute Gasteiger partial charge is 0.319 e. The van der Waals surface area contributed by atoms with Crippen LogP contribution in [0.2, 0.25) is 0 Å². The number of nitrogen functional groups attached to an aromatic ring is 2. The largest absolute Gasteiger partial charge is 0.382 e. The Kier molecular flexibility index (Phi) is 7.93. The summed E-state index contributed by atoms with van der Waals surface area (Å²) in [4.78, 5) is 33.6. The summed E-state index contributed by atoms with van der Waals surface area (Å²) in [5.41, 5.74) is 13.2. The van der Waals surface area contributed by atoms with Crippen molar-refractivity contribution in [2.45, 2.75) is 49.8 Å². The summed E-state index contributed by atoms with van der Waals surface area (Å²) in [5.74, 6) is 0.365. The van der Waals surface area contributed by atoms with Crippen LogP contribution in [0.4, 0.5) is 16.0 Å². The number of nitrogens with zero attached hydrogens (tertiary/aromatic N) is 8. The average Bonchev–Trinajstić information content (AvgIpc) is 3.72. The van der Waals surface area contributed by atoms with Crippen LogP contribution in [0.3, 0.4) is 0 Å². The lowest BCUT2D eigenvalue weighted by Crippen LogP contribution is -2.27. The van der Waals surface area contributed by atoms with E-state index in [2.05, 4.69) is 29.9 Å². The van der Waals surface area contributed by atoms with Crippen LogP contribution < -0.4 is 11.5 Å². The van der Waals surface area contributed by atoms with E-state index >= 15 is 0 Å². The minimum Gasteiger partial charge on any atom is -0.382 e. The number of aromatic nitrogens is 8. The molecule has 18 nitrogen and oxygen atoms in total. The highest BCUT2D eigenvalue weighted by Gasteiger charge is 2.41. The second-order valence-corrected chi connectivity index (χ2v) is 11.1. The Morgan fingerprint density at radius 3 is 2.05 bits per heavy atom. The standard InChI is InChI=1S/C20H25FN10O8P2/c21-9-1-13(30-7-28-15-17(22)24-5-26-19(15)30)37-11(9)3-36-41(34)39-10-2-14(38-12(10)4-35-40(32)33)31-8-29-16-18(23)25-6-27-20(16)31/h5-14,40-41H,1-4H2,(H,32,33)(H2,22,24,26)(H2,23,25,27)/t9-,10-,11+,12+,13+,14+/m0/s1. The van der Waals surface area contributed by atoms with Crippen molar-refractivity contribution in [3.63, 3.8) is 0 Å². The Hall–Kier alpha value is -3.15. The molecule has 0 saturated carbocycles. The average molecular weight is 614 g/mol. The van der Waals surface area contributed by atoms with Crippen molar-refractivity contribution in [3.05, 3.63) is 25.3 Å². The predicted molar refractivity (Wildman–Crippen MR) is 138 cm³/mol. The van der Waals surface area contributed by atoms with Crippen LogP contribution in [0.15, 0.2) is 25.3 Å².